The molecule has 19 heavy (non-hydrogen) atoms. The topological polar surface area (TPSA) is 85.1 Å². The highest BCUT2D eigenvalue weighted by atomic mass is 35.5. The minimum Gasteiger partial charge on any atom is -0.346 e. The van der Waals surface area contributed by atoms with E-state index in [0.717, 1.165) is 11.1 Å². The molecule has 98 valence electrons. The van der Waals surface area contributed by atoms with Gasteiger partial charge in [-0.05, 0) is 12.1 Å². The number of amides is 1. The number of carbonyl (C=O) groups excluding carboxylic acids is 1. The van der Waals surface area contributed by atoms with E-state index in [1.807, 2.05) is 0 Å². The Morgan fingerprint density at radius 1 is 1.53 bits per heavy atom. The van der Waals surface area contributed by atoms with Crippen molar-refractivity contribution in [3.63, 3.8) is 0 Å². The number of halogens is 1. The molecule has 0 aliphatic rings. The molecule has 1 heterocycles. The van der Waals surface area contributed by atoms with Gasteiger partial charge in [-0.1, -0.05) is 11.6 Å². The summed E-state index contributed by atoms with van der Waals surface area (Å²) in [7, 11) is 0. The molecule has 0 aliphatic carbocycles. The third kappa shape index (κ3) is 3.27. The van der Waals surface area contributed by atoms with Gasteiger partial charge in [0, 0.05) is 23.2 Å². The number of rotatable bonds is 4. The zero-order chi connectivity index (χ0) is 13.8. The van der Waals surface area contributed by atoms with Crippen LogP contribution in [0.2, 0.25) is 5.02 Å². The number of hydrogen-bond donors (Lipinski definition) is 1. The van der Waals surface area contributed by atoms with Gasteiger partial charge in [0.25, 0.3) is 11.6 Å². The molecule has 2 aromatic rings. The zero-order valence-electron chi connectivity index (χ0n) is 9.50. The van der Waals surface area contributed by atoms with Crippen molar-refractivity contribution in [2.45, 2.75) is 6.54 Å². The number of thiazole rings is 1. The number of aromatic nitrogens is 1. The van der Waals surface area contributed by atoms with Crippen LogP contribution in [0.4, 0.5) is 5.69 Å². The molecule has 1 aromatic heterocycles. The molecule has 8 heteroatoms. The van der Waals surface area contributed by atoms with Gasteiger partial charge >= 0.3 is 0 Å². The Morgan fingerprint density at radius 3 is 2.95 bits per heavy atom. The van der Waals surface area contributed by atoms with Gasteiger partial charge in [-0.2, -0.15) is 0 Å². The van der Waals surface area contributed by atoms with Gasteiger partial charge in [0.05, 0.1) is 11.5 Å². The maximum atomic E-state index is 11.8. The van der Waals surface area contributed by atoms with Crippen LogP contribution in [0.3, 0.4) is 0 Å². The lowest BCUT2D eigenvalue weighted by atomic mass is 10.2. The molecule has 6 nitrogen and oxygen atoms in total. The minimum atomic E-state index is -0.625. The maximum absolute atomic E-state index is 11.8. The number of nitrogens with one attached hydrogen (secondary N) is 1. The van der Waals surface area contributed by atoms with Crippen molar-refractivity contribution >= 4 is 34.5 Å². The largest absolute Gasteiger partial charge is 0.346 e. The summed E-state index contributed by atoms with van der Waals surface area (Å²) in [5.41, 5.74) is -0.101. The van der Waals surface area contributed by atoms with Crippen molar-refractivity contribution in [1.82, 2.24) is 10.3 Å². The van der Waals surface area contributed by atoms with Crippen molar-refractivity contribution in [3.05, 3.63) is 55.5 Å². The SMILES string of the molecule is O=C(NCc1nccs1)c1ccc(Cl)c([N+](=O)[O-])c1. The molecular formula is C11H8ClN3O3S. The van der Waals surface area contributed by atoms with Gasteiger partial charge in [0.2, 0.25) is 0 Å². The monoisotopic (exact) mass is 297 g/mol. The highest BCUT2D eigenvalue weighted by Gasteiger charge is 2.16. The van der Waals surface area contributed by atoms with Crippen LogP contribution in [0.1, 0.15) is 15.4 Å². The molecule has 2 rings (SSSR count). The van der Waals surface area contributed by atoms with Crippen LogP contribution in [0.15, 0.2) is 29.8 Å². The van der Waals surface area contributed by atoms with Crippen molar-refractivity contribution in [3.8, 4) is 0 Å². The highest BCUT2D eigenvalue weighted by molar-refractivity contribution is 7.09. The van der Waals surface area contributed by atoms with Gasteiger partial charge in [-0.3, -0.25) is 14.9 Å². The van der Waals surface area contributed by atoms with E-state index in [-0.39, 0.29) is 22.8 Å². The summed E-state index contributed by atoms with van der Waals surface area (Å²) in [4.78, 5) is 25.9. The lowest BCUT2D eigenvalue weighted by Gasteiger charge is -2.03. The second-order valence-corrected chi connectivity index (χ2v) is 4.92. The Hall–Kier alpha value is -1.99. The highest BCUT2D eigenvalue weighted by Crippen LogP contribution is 2.25. The number of nitro groups is 1. The van der Waals surface area contributed by atoms with E-state index in [1.165, 1.54) is 23.5 Å². The molecule has 1 amide bonds. The molecule has 0 fully saturated rings. The van der Waals surface area contributed by atoms with Crippen LogP contribution >= 0.6 is 22.9 Å². The number of benzene rings is 1. The number of nitrogens with zero attached hydrogens (tertiary/aromatic N) is 2. The van der Waals surface area contributed by atoms with Crippen LogP contribution in [-0.2, 0) is 6.54 Å². The Labute approximate surface area is 117 Å². The second kappa shape index (κ2) is 5.77. The van der Waals surface area contributed by atoms with Crippen LogP contribution < -0.4 is 5.32 Å². The Bertz CT molecular complexity index is 616. The van der Waals surface area contributed by atoms with Gasteiger partial charge in [-0.15, -0.1) is 11.3 Å². The van der Waals surface area contributed by atoms with Gasteiger partial charge in [0.15, 0.2) is 0 Å². The third-order valence-electron chi connectivity index (χ3n) is 2.29. The normalized spacial score (nSPS) is 10.2. The summed E-state index contributed by atoms with van der Waals surface area (Å²) in [5.74, 6) is -0.407. The van der Waals surface area contributed by atoms with Gasteiger partial charge < -0.3 is 5.32 Å². The van der Waals surface area contributed by atoms with E-state index in [1.54, 1.807) is 11.6 Å². The molecule has 1 N–H and O–H groups in total. The fourth-order valence-electron chi connectivity index (χ4n) is 1.39. The summed E-state index contributed by atoms with van der Waals surface area (Å²) >= 11 is 7.09. The third-order valence-corrected chi connectivity index (χ3v) is 3.39. The second-order valence-electron chi connectivity index (χ2n) is 3.53. The van der Waals surface area contributed by atoms with Crippen LogP contribution in [0.25, 0.3) is 0 Å². The van der Waals surface area contributed by atoms with Gasteiger partial charge in [0.1, 0.15) is 10.0 Å². The molecule has 0 bridgehead atoms. The van der Waals surface area contributed by atoms with Crippen LogP contribution in [0, 0.1) is 10.1 Å². The summed E-state index contributed by atoms with van der Waals surface area (Å²) in [6.07, 6.45) is 1.64. The maximum Gasteiger partial charge on any atom is 0.288 e. The van der Waals surface area contributed by atoms with E-state index >= 15 is 0 Å². The quantitative estimate of drug-likeness (QED) is 0.694. The van der Waals surface area contributed by atoms with Crippen molar-refractivity contribution in [2.24, 2.45) is 0 Å². The molecule has 0 unspecified atom stereocenters. The molecule has 1 aromatic carbocycles. The fraction of sp³-hybridized carbons (Fsp3) is 0.0909. The molecule has 0 aliphatic heterocycles. The van der Waals surface area contributed by atoms with Crippen molar-refractivity contribution < 1.29 is 9.72 Å². The van der Waals surface area contributed by atoms with Crippen LogP contribution in [-0.4, -0.2) is 15.8 Å². The summed E-state index contributed by atoms with van der Waals surface area (Å²) in [6.45, 7) is 0.285. The first-order valence-electron chi connectivity index (χ1n) is 5.18. The average Bonchev–Trinajstić information content (AvgIpc) is 2.89. The van der Waals surface area contributed by atoms with Crippen molar-refractivity contribution in [2.75, 3.05) is 0 Å². The van der Waals surface area contributed by atoms with Gasteiger partial charge in [-0.25, -0.2) is 4.98 Å². The van der Waals surface area contributed by atoms with E-state index in [0.29, 0.717) is 0 Å². The predicted molar refractivity (Wildman–Crippen MR) is 71.4 cm³/mol. The Balaban J connectivity index is 2.11. The number of hydrogen-bond acceptors (Lipinski definition) is 5. The van der Waals surface area contributed by atoms with Crippen molar-refractivity contribution in [1.29, 1.82) is 0 Å². The van der Waals surface area contributed by atoms with Crippen LogP contribution in [0.5, 0.6) is 0 Å². The average molecular weight is 298 g/mol. The molecule has 0 saturated heterocycles. The first-order valence-corrected chi connectivity index (χ1v) is 6.44. The zero-order valence-corrected chi connectivity index (χ0v) is 11.1. The molecule has 0 spiro atoms. The standard InChI is InChI=1S/C11H8ClN3O3S/c12-8-2-1-7(5-9(8)15(17)18)11(16)14-6-10-13-3-4-19-10/h1-5H,6H2,(H,14,16). The molecule has 0 saturated carbocycles. The lowest BCUT2D eigenvalue weighted by molar-refractivity contribution is -0.384. The summed E-state index contributed by atoms with van der Waals surface area (Å²) < 4.78 is 0. The summed E-state index contributed by atoms with van der Waals surface area (Å²) in [6, 6.07) is 3.92. The molecular weight excluding hydrogens is 290 g/mol. The predicted octanol–water partition coefficient (Wildman–Crippen LogP) is 2.63. The first kappa shape index (κ1) is 13.4. The Kier molecular flexibility index (Phi) is 4.08. The molecule has 0 atom stereocenters. The van der Waals surface area contributed by atoms with E-state index < -0.39 is 10.8 Å². The smallest absolute Gasteiger partial charge is 0.288 e. The number of nitro benzene ring substituents is 1. The summed E-state index contributed by atoms with van der Waals surface area (Å²) in [5, 5.41) is 15.9. The minimum absolute atomic E-state index is 0.00136. The lowest BCUT2D eigenvalue weighted by Crippen LogP contribution is -2.22. The Morgan fingerprint density at radius 2 is 2.32 bits per heavy atom. The van der Waals surface area contributed by atoms with E-state index in [2.05, 4.69) is 10.3 Å². The first-order chi connectivity index (χ1) is 9.08. The van der Waals surface area contributed by atoms with E-state index in [4.69, 9.17) is 11.6 Å². The fourth-order valence-corrected chi connectivity index (χ4v) is 2.13. The van der Waals surface area contributed by atoms with E-state index in [9.17, 15) is 14.9 Å². The number of carbonyl (C=O) groups is 1. The molecule has 0 radical (unpaired) electrons.